The second-order valence-electron chi connectivity index (χ2n) is 2.73. The van der Waals surface area contributed by atoms with E-state index in [4.69, 9.17) is 0 Å². The molecule has 0 bridgehead atoms. The molecule has 1 aromatic carbocycles. The minimum atomic E-state index is -0.184. The van der Waals surface area contributed by atoms with Crippen LogP contribution >= 0.6 is 27.9 Å². The van der Waals surface area contributed by atoms with Gasteiger partial charge in [0.05, 0.1) is 4.47 Å². The maximum atomic E-state index is 13.0. The third kappa shape index (κ3) is 1.28. The highest BCUT2D eigenvalue weighted by atomic mass is 79.9. The molecule has 64 valence electrons. The second-order valence-corrected chi connectivity index (χ2v) is 4.73. The lowest BCUT2D eigenvalue weighted by atomic mass is 10.2. The first kappa shape index (κ1) is 8.53. The van der Waals surface area contributed by atoms with Crippen LogP contribution in [-0.4, -0.2) is 11.4 Å². The lowest BCUT2D eigenvalue weighted by Crippen LogP contribution is -1.99. The predicted molar refractivity (Wildman–Crippen MR) is 51.4 cm³/mol. The zero-order valence-corrected chi connectivity index (χ0v) is 8.88. The summed E-state index contributed by atoms with van der Waals surface area (Å²) in [6, 6.07) is 3.34. The van der Waals surface area contributed by atoms with Gasteiger partial charge in [0.25, 0.3) is 0 Å². The Labute approximate surface area is 83.2 Å². The van der Waals surface area contributed by atoms with E-state index in [1.165, 1.54) is 11.6 Å². The van der Waals surface area contributed by atoms with E-state index >= 15 is 0 Å². The summed E-state index contributed by atoms with van der Waals surface area (Å²) in [6.45, 7) is 0.888. The molecule has 0 saturated carbocycles. The maximum absolute atomic E-state index is 13.0. The number of hydrogen-bond donors (Lipinski definition) is 0. The first-order chi connectivity index (χ1) is 5.68. The highest BCUT2D eigenvalue weighted by Crippen LogP contribution is 2.40. The van der Waals surface area contributed by atoms with Gasteiger partial charge in [-0.3, -0.25) is 0 Å². The average molecular weight is 248 g/mol. The summed E-state index contributed by atoms with van der Waals surface area (Å²) in [5.41, 5.74) is 1.19. The third-order valence-electron chi connectivity index (χ3n) is 1.77. The van der Waals surface area contributed by atoms with E-state index in [2.05, 4.69) is 20.2 Å². The normalized spacial score (nSPS) is 16.6. The van der Waals surface area contributed by atoms with Crippen LogP contribution in [0.15, 0.2) is 21.5 Å². The summed E-state index contributed by atoms with van der Waals surface area (Å²) in [7, 11) is 2.00. The molecule has 1 aliphatic heterocycles. The van der Waals surface area contributed by atoms with Crippen molar-refractivity contribution >= 4 is 27.9 Å². The molecule has 0 saturated heterocycles. The smallest absolute Gasteiger partial charge is 0.138 e. The van der Waals surface area contributed by atoms with Crippen LogP contribution in [0.3, 0.4) is 0 Å². The molecule has 0 amide bonds. The molecule has 1 aromatic rings. The van der Waals surface area contributed by atoms with Gasteiger partial charge < -0.3 is 0 Å². The molecule has 12 heavy (non-hydrogen) atoms. The summed E-state index contributed by atoms with van der Waals surface area (Å²) in [5, 5.41) is 0. The molecular formula is C8H7BrFNS. The zero-order valence-electron chi connectivity index (χ0n) is 6.47. The van der Waals surface area contributed by atoms with Gasteiger partial charge in [0.15, 0.2) is 0 Å². The molecule has 0 radical (unpaired) electrons. The number of halogens is 2. The highest BCUT2D eigenvalue weighted by molar-refractivity contribution is 9.10. The molecule has 0 spiro atoms. The number of benzene rings is 1. The van der Waals surface area contributed by atoms with Gasteiger partial charge in [-0.1, -0.05) is 6.07 Å². The molecule has 0 fully saturated rings. The fourth-order valence-electron chi connectivity index (χ4n) is 1.22. The van der Waals surface area contributed by atoms with Gasteiger partial charge >= 0.3 is 0 Å². The van der Waals surface area contributed by atoms with Crippen LogP contribution in [0, 0.1) is 5.82 Å². The van der Waals surface area contributed by atoms with E-state index < -0.39 is 0 Å². The molecule has 0 aromatic heterocycles. The van der Waals surface area contributed by atoms with Gasteiger partial charge in [0.1, 0.15) is 5.82 Å². The lowest BCUT2D eigenvalue weighted by Gasteiger charge is -2.02. The first-order valence-corrected chi connectivity index (χ1v) is 5.11. The molecule has 0 aliphatic carbocycles. The fraction of sp³-hybridized carbons (Fsp3) is 0.250. The number of nitrogens with zero attached hydrogens (tertiary/aromatic N) is 1. The summed E-state index contributed by atoms with van der Waals surface area (Å²) < 4.78 is 15.7. The molecule has 0 unspecified atom stereocenters. The van der Waals surface area contributed by atoms with Crippen LogP contribution < -0.4 is 0 Å². The van der Waals surface area contributed by atoms with Crippen molar-refractivity contribution in [3.05, 3.63) is 28.0 Å². The standard InChI is InChI=1S/C8H7BrFNS/c1-11-4-5-2-3-6(10)7(9)8(5)12-11/h2-3H,4H2,1H3. The molecule has 0 N–H and O–H groups in total. The Bertz CT molecular complexity index is 329. The largest absolute Gasteiger partial charge is 0.245 e. The highest BCUT2D eigenvalue weighted by Gasteiger charge is 2.20. The van der Waals surface area contributed by atoms with E-state index in [0.717, 1.165) is 11.4 Å². The van der Waals surface area contributed by atoms with Crippen LogP contribution in [0.1, 0.15) is 5.56 Å². The summed E-state index contributed by atoms with van der Waals surface area (Å²) in [4.78, 5) is 1.01. The molecule has 2 rings (SSSR count). The van der Waals surface area contributed by atoms with Gasteiger partial charge in [0, 0.05) is 11.4 Å². The average Bonchev–Trinajstić information content (AvgIpc) is 2.39. The van der Waals surface area contributed by atoms with Crippen LogP contribution in [0.25, 0.3) is 0 Å². The van der Waals surface area contributed by atoms with Gasteiger partial charge in [0.2, 0.25) is 0 Å². The topological polar surface area (TPSA) is 3.24 Å². The van der Waals surface area contributed by atoms with Crippen LogP contribution in [0.5, 0.6) is 0 Å². The quantitative estimate of drug-likeness (QED) is 0.649. The van der Waals surface area contributed by atoms with Crippen LogP contribution in [0.4, 0.5) is 4.39 Å². The predicted octanol–water partition coefficient (Wildman–Crippen LogP) is 3.04. The van der Waals surface area contributed by atoms with Crippen molar-refractivity contribution in [3.63, 3.8) is 0 Å². The Morgan fingerprint density at radius 1 is 1.58 bits per heavy atom. The first-order valence-electron chi connectivity index (χ1n) is 3.54. The van der Waals surface area contributed by atoms with E-state index in [1.54, 1.807) is 11.9 Å². The monoisotopic (exact) mass is 247 g/mol. The van der Waals surface area contributed by atoms with E-state index in [-0.39, 0.29) is 5.82 Å². The SMILES string of the molecule is CN1Cc2ccc(F)c(Br)c2S1. The van der Waals surface area contributed by atoms with Crippen molar-refractivity contribution in [2.75, 3.05) is 7.05 Å². The van der Waals surface area contributed by atoms with Crippen molar-refractivity contribution in [2.24, 2.45) is 0 Å². The second kappa shape index (κ2) is 3.01. The minimum Gasteiger partial charge on any atom is -0.245 e. The van der Waals surface area contributed by atoms with Crippen molar-refractivity contribution in [3.8, 4) is 0 Å². The van der Waals surface area contributed by atoms with Crippen molar-refractivity contribution in [1.82, 2.24) is 4.31 Å². The van der Waals surface area contributed by atoms with E-state index in [9.17, 15) is 4.39 Å². The number of hydrogen-bond acceptors (Lipinski definition) is 2. The Balaban J connectivity index is 2.54. The maximum Gasteiger partial charge on any atom is 0.138 e. The van der Waals surface area contributed by atoms with Crippen LogP contribution in [-0.2, 0) is 6.54 Å². The van der Waals surface area contributed by atoms with Crippen molar-refractivity contribution in [1.29, 1.82) is 0 Å². The summed E-state index contributed by atoms with van der Waals surface area (Å²) in [5.74, 6) is -0.184. The zero-order chi connectivity index (χ0) is 8.72. The van der Waals surface area contributed by atoms with E-state index in [1.807, 2.05) is 13.1 Å². The van der Waals surface area contributed by atoms with Gasteiger partial charge in [-0.25, -0.2) is 8.70 Å². The summed E-state index contributed by atoms with van der Waals surface area (Å²) in [6.07, 6.45) is 0. The van der Waals surface area contributed by atoms with Gasteiger partial charge in [-0.2, -0.15) is 0 Å². The van der Waals surface area contributed by atoms with Crippen LogP contribution in [0.2, 0.25) is 0 Å². The Hall–Kier alpha value is -0.0600. The minimum absolute atomic E-state index is 0.184. The molecule has 4 heteroatoms. The van der Waals surface area contributed by atoms with E-state index in [0.29, 0.717) is 4.47 Å². The Morgan fingerprint density at radius 3 is 3.08 bits per heavy atom. The molecular weight excluding hydrogens is 241 g/mol. The molecule has 1 heterocycles. The molecule has 1 aliphatic rings. The third-order valence-corrected chi connectivity index (χ3v) is 3.90. The van der Waals surface area contributed by atoms with Gasteiger partial charge in [-0.15, -0.1) is 0 Å². The number of rotatable bonds is 0. The summed E-state index contributed by atoms with van der Waals surface area (Å²) >= 11 is 4.81. The van der Waals surface area contributed by atoms with Crippen molar-refractivity contribution < 1.29 is 4.39 Å². The molecule has 1 nitrogen and oxygen atoms in total. The Morgan fingerprint density at radius 2 is 2.33 bits per heavy atom. The van der Waals surface area contributed by atoms with Gasteiger partial charge in [-0.05, 0) is 46.6 Å². The van der Waals surface area contributed by atoms with Crippen molar-refractivity contribution in [2.45, 2.75) is 11.4 Å². The fourth-order valence-corrected chi connectivity index (χ4v) is 2.77. The Kier molecular flexibility index (Phi) is 2.14. The lowest BCUT2D eigenvalue weighted by molar-refractivity contribution is 0.579. The molecule has 0 atom stereocenters. The number of fused-ring (bicyclic) bond motifs is 1.